The van der Waals surface area contributed by atoms with Gasteiger partial charge in [-0.1, -0.05) is 21.9 Å². The van der Waals surface area contributed by atoms with E-state index in [1.165, 1.54) is 0 Å². The number of hydrogen-bond acceptors (Lipinski definition) is 5. The van der Waals surface area contributed by atoms with Crippen molar-refractivity contribution < 1.29 is 23.4 Å². The molecule has 0 aliphatic heterocycles. The Hall–Kier alpha value is -0.160. The Balaban J connectivity index is -0.000000189. The van der Waals surface area contributed by atoms with E-state index in [2.05, 4.69) is 46.8 Å². The summed E-state index contributed by atoms with van der Waals surface area (Å²) in [5.41, 5.74) is 0. The average molecular weight is 561 g/mol. The molecule has 8 heteroatoms. The quantitative estimate of drug-likeness (QED) is 0.149. The van der Waals surface area contributed by atoms with Crippen molar-refractivity contribution in [3.05, 3.63) is 0 Å². The van der Waals surface area contributed by atoms with Gasteiger partial charge in [0.25, 0.3) is 0 Å². The first kappa shape index (κ1) is 37.2. The lowest BCUT2D eigenvalue weighted by atomic mass is 10.4. The molecule has 0 radical (unpaired) electrons. The van der Waals surface area contributed by atoms with E-state index in [-0.39, 0.29) is 29.6 Å². The van der Waals surface area contributed by atoms with Gasteiger partial charge in [0.1, 0.15) is 13.1 Å². The Morgan fingerprint density at radius 1 is 0.833 bits per heavy atom. The van der Waals surface area contributed by atoms with E-state index in [9.17, 15) is 0 Å². The third-order valence-electron chi connectivity index (χ3n) is 3.16. The molecule has 180 valence electrons. The molecule has 6 nitrogen and oxygen atoms in total. The van der Waals surface area contributed by atoms with Crippen molar-refractivity contribution in [1.29, 1.82) is 0 Å². The van der Waals surface area contributed by atoms with Crippen molar-refractivity contribution in [2.45, 2.75) is 40.3 Å². The Labute approximate surface area is 205 Å². The molecule has 0 aromatic heterocycles. The van der Waals surface area contributed by atoms with Crippen molar-refractivity contribution in [3.8, 4) is 24.7 Å². The highest BCUT2D eigenvalue weighted by Crippen LogP contribution is 2.04. The summed E-state index contributed by atoms with van der Waals surface area (Å²) in [5.74, 6) is 5.01. The molecule has 0 unspecified atom stereocenters. The van der Waals surface area contributed by atoms with Crippen molar-refractivity contribution >= 4 is 32.9 Å². The minimum Gasteiger partial charge on any atom is -0.352 e. The van der Waals surface area contributed by atoms with Gasteiger partial charge in [-0.25, -0.2) is 0 Å². The van der Waals surface area contributed by atoms with Gasteiger partial charge >= 0.3 is 0 Å². The highest BCUT2D eigenvalue weighted by Gasteiger charge is 2.21. The molecule has 0 saturated carbocycles. The molecule has 0 aromatic carbocycles. The van der Waals surface area contributed by atoms with E-state index in [0.29, 0.717) is 38.3 Å². The lowest BCUT2D eigenvalue weighted by Gasteiger charge is -2.31. The van der Waals surface area contributed by atoms with Crippen LogP contribution in [0.15, 0.2) is 0 Å². The largest absolute Gasteiger partial charge is 0.352 e. The van der Waals surface area contributed by atoms with Crippen LogP contribution in [0.2, 0.25) is 0 Å². The predicted octanol–water partition coefficient (Wildman–Crippen LogP) is 3.63. The molecule has 0 aromatic rings. The Morgan fingerprint density at radius 3 is 1.47 bits per heavy atom. The molecule has 0 N–H and O–H groups in total. The van der Waals surface area contributed by atoms with E-state index in [1.54, 1.807) is 0 Å². The number of terminal acetylenes is 2. The van der Waals surface area contributed by atoms with Crippen LogP contribution in [0.25, 0.3) is 0 Å². The molecule has 0 fully saturated rings. The fraction of sp³-hybridized carbons (Fsp3) is 0.818. The van der Waals surface area contributed by atoms with E-state index >= 15 is 0 Å². The fourth-order valence-electron chi connectivity index (χ4n) is 2.06. The number of likely N-dealkylation sites (N-methyl/N-ethyl adjacent to an activating group) is 2. The predicted molar refractivity (Wildman–Crippen MR) is 136 cm³/mol. The van der Waals surface area contributed by atoms with Crippen LogP contribution >= 0.6 is 32.9 Å². The van der Waals surface area contributed by atoms with Crippen LogP contribution < -0.4 is 0 Å². The summed E-state index contributed by atoms with van der Waals surface area (Å²) in [4.78, 5) is 2.05. The normalized spacial score (nSPS) is 10.3. The number of halogens is 2. The van der Waals surface area contributed by atoms with Gasteiger partial charge in [-0.05, 0) is 47.7 Å². The minimum absolute atomic E-state index is 0. The van der Waals surface area contributed by atoms with Crippen molar-refractivity contribution in [2.75, 3.05) is 79.6 Å². The van der Waals surface area contributed by atoms with Gasteiger partial charge in [0.15, 0.2) is 6.29 Å². The lowest BCUT2D eigenvalue weighted by Crippen LogP contribution is -2.47. The topological polar surface area (TPSA) is 40.2 Å². The molecule has 0 spiro atoms. The summed E-state index contributed by atoms with van der Waals surface area (Å²) >= 11 is 3.01. The summed E-state index contributed by atoms with van der Waals surface area (Å²) < 4.78 is 22.3. The van der Waals surface area contributed by atoms with E-state index in [0.717, 1.165) is 17.6 Å². The van der Waals surface area contributed by atoms with Crippen LogP contribution in [0.1, 0.15) is 27.7 Å². The summed E-state index contributed by atoms with van der Waals surface area (Å²) in [6.07, 6.45) is 9.81. The summed E-state index contributed by atoms with van der Waals surface area (Å²) in [6.45, 7) is 12.9. The zero-order valence-corrected chi connectivity index (χ0v) is 23.6. The number of quaternary nitrogens is 1. The third kappa shape index (κ3) is 30.0. The van der Waals surface area contributed by atoms with E-state index in [1.807, 2.05) is 41.8 Å². The zero-order valence-electron chi connectivity index (χ0n) is 20.3. The van der Waals surface area contributed by atoms with Crippen LogP contribution in [0.4, 0.5) is 0 Å². The first-order valence-corrected chi connectivity index (χ1v) is 11.2. The second-order valence-corrected chi connectivity index (χ2v) is 7.32. The van der Waals surface area contributed by atoms with Gasteiger partial charge in [-0.2, -0.15) is 0 Å². The van der Waals surface area contributed by atoms with Gasteiger partial charge in [0, 0.05) is 33.0 Å². The fourth-order valence-corrected chi connectivity index (χ4v) is 2.06. The Bertz CT molecular complexity index is 412. The molecule has 0 amide bonds. The first-order chi connectivity index (χ1) is 13.7. The van der Waals surface area contributed by atoms with Gasteiger partial charge in [0.05, 0.1) is 19.4 Å². The monoisotopic (exact) mass is 559 g/mol. The standard InChI is InChI=1S/C11H22NO2.C8H19NO2.C3H3Br.BrH/c1-6-9-12(4,5)10-11(13-7-2)14-8-3;1-5-10-8(11-6-2)7-9(3)4;1-2-3-4;/h1,11H,7-10H2,2-5H3;8H,5-7H2,1-4H3;1H,3H2;1H/q+1;;;. The molecule has 0 heterocycles. The highest BCUT2D eigenvalue weighted by molar-refractivity contribution is 9.09. The van der Waals surface area contributed by atoms with Crippen LogP contribution in [-0.4, -0.2) is 102 Å². The highest BCUT2D eigenvalue weighted by atomic mass is 79.9. The maximum absolute atomic E-state index is 5.46. The lowest BCUT2D eigenvalue weighted by molar-refractivity contribution is -0.889. The maximum Gasteiger partial charge on any atom is 0.207 e. The van der Waals surface area contributed by atoms with Gasteiger partial charge < -0.3 is 28.3 Å². The number of nitrogens with zero attached hydrogens (tertiary/aromatic N) is 2. The second kappa shape index (κ2) is 26.9. The smallest absolute Gasteiger partial charge is 0.207 e. The van der Waals surface area contributed by atoms with Crippen molar-refractivity contribution in [1.82, 2.24) is 4.90 Å². The van der Waals surface area contributed by atoms with Crippen molar-refractivity contribution in [2.24, 2.45) is 0 Å². The molecule has 0 aliphatic carbocycles. The number of ether oxygens (including phenoxy) is 4. The Morgan fingerprint density at radius 2 is 1.20 bits per heavy atom. The third-order valence-corrected chi connectivity index (χ3v) is 3.49. The summed E-state index contributed by atoms with van der Waals surface area (Å²) in [5, 5.41) is 0.660. The summed E-state index contributed by atoms with van der Waals surface area (Å²) in [7, 11) is 8.16. The number of rotatable bonds is 13. The SMILES string of the molecule is Br.C#CCBr.C#CC[N+](C)(C)CC(OCC)OCC.CCOC(CN(C)C)OCC. The van der Waals surface area contributed by atoms with Crippen LogP contribution in [0.3, 0.4) is 0 Å². The number of hydrogen-bond donors (Lipinski definition) is 0. The molecular formula is C22H45Br2N2O4+. The van der Waals surface area contributed by atoms with Crippen LogP contribution in [0, 0.1) is 24.7 Å². The van der Waals surface area contributed by atoms with E-state index < -0.39 is 0 Å². The molecule has 0 atom stereocenters. The minimum atomic E-state index is -0.145. The Kier molecular flexibility index (Phi) is 33.3. The molecule has 0 rings (SSSR count). The van der Waals surface area contributed by atoms with Crippen LogP contribution in [0.5, 0.6) is 0 Å². The number of alkyl halides is 1. The molecular weight excluding hydrogens is 516 g/mol. The summed E-state index contributed by atoms with van der Waals surface area (Å²) in [6, 6.07) is 0. The van der Waals surface area contributed by atoms with Crippen molar-refractivity contribution in [3.63, 3.8) is 0 Å². The molecule has 0 bridgehead atoms. The molecule has 0 saturated heterocycles. The average Bonchev–Trinajstić information content (AvgIpc) is 2.62. The van der Waals surface area contributed by atoms with Crippen LogP contribution in [-0.2, 0) is 18.9 Å². The zero-order chi connectivity index (χ0) is 23.1. The van der Waals surface area contributed by atoms with Gasteiger partial charge in [-0.3, -0.25) is 0 Å². The maximum atomic E-state index is 5.46. The molecule has 0 aliphatic rings. The van der Waals surface area contributed by atoms with Gasteiger partial charge in [0.2, 0.25) is 6.29 Å². The van der Waals surface area contributed by atoms with E-state index in [4.69, 9.17) is 31.8 Å². The first-order valence-electron chi connectivity index (χ1n) is 10.0. The van der Waals surface area contributed by atoms with Gasteiger partial charge in [-0.15, -0.1) is 29.8 Å². The second-order valence-electron chi connectivity index (χ2n) is 6.76. The molecule has 30 heavy (non-hydrogen) atoms.